The SMILES string of the molecule is CC(C)[C@H](NC(=O)C1CCCN1c1nc2ccccc2c(=O)o1)C(N)=O. The number of hydrogen-bond donors (Lipinski definition) is 2. The Bertz CT molecular complexity index is 892. The Morgan fingerprint density at radius 2 is 2.08 bits per heavy atom. The van der Waals surface area contributed by atoms with Gasteiger partial charge in [0, 0.05) is 6.54 Å². The van der Waals surface area contributed by atoms with E-state index in [1.165, 1.54) is 0 Å². The van der Waals surface area contributed by atoms with Gasteiger partial charge in [-0.3, -0.25) is 9.59 Å². The van der Waals surface area contributed by atoms with Crippen LogP contribution in [0.2, 0.25) is 0 Å². The number of anilines is 1. The molecule has 26 heavy (non-hydrogen) atoms. The number of carbonyl (C=O) groups is 2. The number of nitrogens with two attached hydrogens (primary N) is 1. The fourth-order valence-corrected chi connectivity index (χ4v) is 3.21. The van der Waals surface area contributed by atoms with E-state index in [-0.39, 0.29) is 17.8 Å². The predicted octanol–water partition coefficient (Wildman–Crippen LogP) is 0.783. The van der Waals surface area contributed by atoms with Crippen molar-refractivity contribution in [3.05, 3.63) is 34.7 Å². The van der Waals surface area contributed by atoms with Gasteiger partial charge in [0.2, 0.25) is 11.8 Å². The van der Waals surface area contributed by atoms with E-state index in [0.29, 0.717) is 23.9 Å². The second-order valence-corrected chi connectivity index (χ2v) is 6.79. The third kappa shape index (κ3) is 3.40. The summed E-state index contributed by atoms with van der Waals surface area (Å²) in [6.45, 7) is 4.16. The van der Waals surface area contributed by atoms with Gasteiger partial charge in [-0.05, 0) is 30.9 Å². The van der Waals surface area contributed by atoms with Gasteiger partial charge in [0.15, 0.2) is 0 Å². The highest BCUT2D eigenvalue weighted by Crippen LogP contribution is 2.25. The minimum Gasteiger partial charge on any atom is -0.389 e. The van der Waals surface area contributed by atoms with Gasteiger partial charge in [0.05, 0.1) is 10.9 Å². The van der Waals surface area contributed by atoms with Crippen molar-refractivity contribution < 1.29 is 14.0 Å². The Hall–Kier alpha value is -2.90. The summed E-state index contributed by atoms with van der Waals surface area (Å²) in [5.74, 6) is -1.02. The Balaban J connectivity index is 1.87. The highest BCUT2D eigenvalue weighted by molar-refractivity contribution is 5.91. The van der Waals surface area contributed by atoms with Crippen LogP contribution in [-0.2, 0) is 9.59 Å². The molecule has 2 amide bonds. The summed E-state index contributed by atoms with van der Waals surface area (Å²) in [4.78, 5) is 42.5. The second kappa shape index (κ2) is 7.15. The van der Waals surface area contributed by atoms with Gasteiger partial charge in [-0.25, -0.2) is 4.79 Å². The Morgan fingerprint density at radius 1 is 1.35 bits per heavy atom. The van der Waals surface area contributed by atoms with Crippen LogP contribution in [0.5, 0.6) is 0 Å². The summed E-state index contributed by atoms with van der Waals surface area (Å²) >= 11 is 0. The number of rotatable bonds is 5. The lowest BCUT2D eigenvalue weighted by molar-refractivity contribution is -0.129. The minimum atomic E-state index is -0.749. The Labute approximate surface area is 150 Å². The van der Waals surface area contributed by atoms with Crippen molar-refractivity contribution in [1.29, 1.82) is 0 Å². The van der Waals surface area contributed by atoms with E-state index in [4.69, 9.17) is 10.2 Å². The first kappa shape index (κ1) is 17.9. The zero-order valence-electron chi connectivity index (χ0n) is 14.8. The summed E-state index contributed by atoms with van der Waals surface area (Å²) in [7, 11) is 0. The van der Waals surface area contributed by atoms with E-state index in [2.05, 4.69) is 10.3 Å². The molecule has 1 aliphatic rings. The maximum atomic E-state index is 12.7. The van der Waals surface area contributed by atoms with Crippen molar-refractivity contribution in [3.8, 4) is 0 Å². The third-order valence-corrected chi connectivity index (χ3v) is 4.60. The van der Waals surface area contributed by atoms with Crippen molar-refractivity contribution in [2.75, 3.05) is 11.4 Å². The van der Waals surface area contributed by atoms with Gasteiger partial charge in [-0.15, -0.1) is 0 Å². The lowest BCUT2D eigenvalue weighted by Crippen LogP contribution is -2.53. The second-order valence-electron chi connectivity index (χ2n) is 6.79. The standard InChI is InChI=1S/C18H22N4O4/c1-10(2)14(15(19)23)21-16(24)13-8-5-9-22(13)18-20-12-7-4-3-6-11(12)17(25)26-18/h3-4,6-7,10,13-14H,5,8-9H2,1-2H3,(H2,19,23)(H,21,24)/t13?,14-/m0/s1. The number of amides is 2. The van der Waals surface area contributed by atoms with E-state index in [9.17, 15) is 14.4 Å². The van der Waals surface area contributed by atoms with E-state index in [0.717, 1.165) is 6.42 Å². The van der Waals surface area contributed by atoms with Crippen molar-refractivity contribution in [2.24, 2.45) is 11.7 Å². The number of nitrogens with one attached hydrogen (secondary N) is 1. The summed E-state index contributed by atoms with van der Waals surface area (Å²) < 4.78 is 5.34. The van der Waals surface area contributed by atoms with Crippen molar-refractivity contribution in [2.45, 2.75) is 38.8 Å². The smallest absolute Gasteiger partial charge is 0.348 e. The maximum absolute atomic E-state index is 12.7. The minimum absolute atomic E-state index is 0.117. The Kier molecular flexibility index (Phi) is 4.92. The molecule has 1 aromatic heterocycles. The van der Waals surface area contributed by atoms with Gasteiger partial charge in [0.1, 0.15) is 12.1 Å². The van der Waals surface area contributed by atoms with E-state index >= 15 is 0 Å². The molecule has 8 heteroatoms. The molecule has 3 N–H and O–H groups in total. The molecule has 1 fully saturated rings. The largest absolute Gasteiger partial charge is 0.389 e. The van der Waals surface area contributed by atoms with Crippen LogP contribution in [0.1, 0.15) is 26.7 Å². The van der Waals surface area contributed by atoms with E-state index in [1.807, 2.05) is 13.8 Å². The summed E-state index contributed by atoms with van der Waals surface area (Å²) in [5.41, 5.74) is 5.40. The van der Waals surface area contributed by atoms with Crippen LogP contribution < -0.4 is 21.6 Å². The molecule has 1 unspecified atom stereocenters. The molecular formula is C18H22N4O4. The first-order valence-corrected chi connectivity index (χ1v) is 8.64. The quantitative estimate of drug-likeness (QED) is 0.815. The van der Waals surface area contributed by atoms with Crippen LogP contribution in [0.3, 0.4) is 0 Å². The molecule has 3 rings (SSSR count). The zero-order chi connectivity index (χ0) is 18.8. The number of benzene rings is 1. The lowest BCUT2D eigenvalue weighted by atomic mass is 10.0. The topological polar surface area (TPSA) is 119 Å². The molecule has 1 aromatic carbocycles. The maximum Gasteiger partial charge on any atom is 0.348 e. The molecule has 8 nitrogen and oxygen atoms in total. The van der Waals surface area contributed by atoms with Crippen LogP contribution >= 0.6 is 0 Å². The molecule has 138 valence electrons. The summed E-state index contributed by atoms with van der Waals surface area (Å²) in [6.07, 6.45) is 1.33. The van der Waals surface area contributed by atoms with Crippen LogP contribution in [0.4, 0.5) is 6.01 Å². The first-order valence-electron chi connectivity index (χ1n) is 8.64. The van der Waals surface area contributed by atoms with E-state index in [1.54, 1.807) is 29.2 Å². The molecule has 1 saturated heterocycles. The molecule has 0 radical (unpaired) electrons. The summed E-state index contributed by atoms with van der Waals surface area (Å²) in [5, 5.41) is 3.10. The fourth-order valence-electron chi connectivity index (χ4n) is 3.21. The van der Waals surface area contributed by atoms with Crippen LogP contribution in [0.15, 0.2) is 33.5 Å². The molecule has 0 spiro atoms. The van der Waals surface area contributed by atoms with Crippen LogP contribution in [0, 0.1) is 5.92 Å². The predicted molar refractivity (Wildman–Crippen MR) is 96.6 cm³/mol. The molecule has 0 saturated carbocycles. The van der Waals surface area contributed by atoms with Gasteiger partial charge < -0.3 is 20.4 Å². The van der Waals surface area contributed by atoms with Crippen molar-refractivity contribution >= 4 is 28.7 Å². The molecule has 0 bridgehead atoms. The van der Waals surface area contributed by atoms with Gasteiger partial charge >= 0.3 is 11.6 Å². The van der Waals surface area contributed by atoms with Crippen LogP contribution in [0.25, 0.3) is 10.9 Å². The number of primary amides is 1. The third-order valence-electron chi connectivity index (χ3n) is 4.60. The number of nitrogens with zero attached hydrogens (tertiary/aromatic N) is 2. The lowest BCUT2D eigenvalue weighted by Gasteiger charge is -2.26. The highest BCUT2D eigenvalue weighted by atomic mass is 16.4. The zero-order valence-corrected chi connectivity index (χ0v) is 14.8. The molecular weight excluding hydrogens is 336 g/mol. The molecule has 0 aliphatic carbocycles. The van der Waals surface area contributed by atoms with Crippen LogP contribution in [-0.4, -0.2) is 35.4 Å². The monoisotopic (exact) mass is 358 g/mol. The summed E-state index contributed by atoms with van der Waals surface area (Å²) in [6, 6.07) is 5.70. The number of fused-ring (bicyclic) bond motifs is 1. The van der Waals surface area contributed by atoms with Gasteiger partial charge in [-0.1, -0.05) is 26.0 Å². The van der Waals surface area contributed by atoms with Crippen molar-refractivity contribution in [1.82, 2.24) is 10.3 Å². The average molecular weight is 358 g/mol. The van der Waals surface area contributed by atoms with Crippen molar-refractivity contribution in [3.63, 3.8) is 0 Å². The molecule has 2 aromatic rings. The number of para-hydroxylation sites is 1. The normalized spacial score (nSPS) is 18.3. The highest BCUT2D eigenvalue weighted by Gasteiger charge is 2.35. The average Bonchev–Trinajstić information content (AvgIpc) is 3.08. The molecule has 2 heterocycles. The molecule has 1 aliphatic heterocycles. The van der Waals surface area contributed by atoms with Gasteiger partial charge in [-0.2, -0.15) is 4.98 Å². The first-order chi connectivity index (χ1) is 12.4. The number of hydrogen-bond acceptors (Lipinski definition) is 6. The van der Waals surface area contributed by atoms with Gasteiger partial charge in [0.25, 0.3) is 0 Å². The van der Waals surface area contributed by atoms with E-state index < -0.39 is 23.6 Å². The number of carbonyl (C=O) groups excluding carboxylic acids is 2. The number of aromatic nitrogens is 1. The molecule has 2 atom stereocenters. The fraction of sp³-hybridized carbons (Fsp3) is 0.444. The Morgan fingerprint density at radius 3 is 2.77 bits per heavy atom.